The molecule has 5 nitrogen and oxygen atoms in total. The van der Waals surface area contributed by atoms with Crippen LogP contribution in [-0.2, 0) is 19.1 Å². The van der Waals surface area contributed by atoms with Crippen LogP contribution >= 0.6 is 11.8 Å². The average molecular weight is 711 g/mol. The van der Waals surface area contributed by atoms with Crippen molar-refractivity contribution in [2.75, 3.05) is 12.4 Å². The summed E-state index contributed by atoms with van der Waals surface area (Å²) < 4.78 is 5.57. The number of unbranched alkanes of at least 4 members (excludes halogenated alkanes) is 12. The third-order valence-corrected chi connectivity index (χ3v) is 11.7. The van der Waals surface area contributed by atoms with Crippen LogP contribution in [0.1, 0.15) is 227 Å². The summed E-state index contributed by atoms with van der Waals surface area (Å²) in [6, 6.07) is 0. The van der Waals surface area contributed by atoms with Crippen LogP contribution in [0.2, 0.25) is 0 Å². The minimum Gasteiger partial charge on any atom is -0.481 e. The summed E-state index contributed by atoms with van der Waals surface area (Å²) in [5.41, 5.74) is 0. The molecule has 1 saturated carbocycles. The maximum absolute atomic E-state index is 12.9. The highest BCUT2D eigenvalue weighted by Crippen LogP contribution is 2.31. The molecule has 0 aromatic carbocycles. The van der Waals surface area contributed by atoms with Crippen molar-refractivity contribution in [3.05, 3.63) is 0 Å². The van der Waals surface area contributed by atoms with Gasteiger partial charge >= 0.3 is 11.9 Å². The Hall–Kier alpha value is -1.04. The van der Waals surface area contributed by atoms with Crippen LogP contribution < -0.4 is 0 Å². The highest BCUT2D eigenvalue weighted by Gasteiger charge is 2.17. The molecule has 1 aliphatic carbocycles. The van der Waals surface area contributed by atoms with Gasteiger partial charge < -0.3 is 9.84 Å². The van der Waals surface area contributed by atoms with E-state index in [-0.39, 0.29) is 5.97 Å². The topological polar surface area (TPSA) is 80.7 Å². The van der Waals surface area contributed by atoms with E-state index in [0.29, 0.717) is 37.6 Å². The zero-order valence-electron chi connectivity index (χ0n) is 33.1. The van der Waals surface area contributed by atoms with E-state index >= 15 is 0 Å². The third kappa shape index (κ3) is 33.8. The number of carbonyl (C=O) groups excluding carboxylic acids is 2. The number of carbonyl (C=O) groups is 3. The summed E-state index contributed by atoms with van der Waals surface area (Å²) >= 11 is 2.22. The Kier molecular flexibility index (Phi) is 36.0. The lowest BCUT2D eigenvalue weighted by atomic mass is 9.89. The SMILES string of the molecule is CCCCCCCC(=O)O.CCCCCCCC(=O)OCCC(CCCCC)CCC(=O)CCC(CCCCC)CCSC1CCCCC1. The fraction of sp³-hybridized carbons (Fsp3) is 0.930. The van der Waals surface area contributed by atoms with E-state index < -0.39 is 5.97 Å². The van der Waals surface area contributed by atoms with Crippen LogP contribution in [0.5, 0.6) is 0 Å². The number of hydrogen-bond acceptors (Lipinski definition) is 5. The number of ketones is 1. The number of thioether (sulfide) groups is 1. The normalized spacial score (nSPS) is 14.5. The molecule has 49 heavy (non-hydrogen) atoms. The molecule has 0 aromatic rings. The Labute approximate surface area is 309 Å². The fourth-order valence-electron chi connectivity index (χ4n) is 6.88. The zero-order chi connectivity index (χ0) is 36.2. The third-order valence-electron chi connectivity index (χ3n) is 10.3. The second-order valence-electron chi connectivity index (χ2n) is 15.0. The van der Waals surface area contributed by atoms with Crippen molar-refractivity contribution in [3.63, 3.8) is 0 Å². The average Bonchev–Trinajstić information content (AvgIpc) is 3.09. The molecule has 0 saturated heterocycles. The van der Waals surface area contributed by atoms with E-state index in [2.05, 4.69) is 39.5 Å². The summed E-state index contributed by atoms with van der Waals surface area (Å²) in [6.45, 7) is 9.41. The molecule has 1 fully saturated rings. The molecule has 0 bridgehead atoms. The number of esters is 1. The van der Waals surface area contributed by atoms with E-state index in [4.69, 9.17) is 9.84 Å². The maximum Gasteiger partial charge on any atom is 0.305 e. The summed E-state index contributed by atoms with van der Waals surface area (Å²) in [6.07, 6.45) is 35.1. The van der Waals surface area contributed by atoms with Crippen molar-refractivity contribution in [1.29, 1.82) is 0 Å². The van der Waals surface area contributed by atoms with Crippen molar-refractivity contribution in [1.82, 2.24) is 0 Å². The number of carboxylic acid groups (broad SMARTS) is 1. The van der Waals surface area contributed by atoms with E-state index in [1.807, 2.05) is 0 Å². The van der Waals surface area contributed by atoms with Crippen molar-refractivity contribution in [3.8, 4) is 0 Å². The van der Waals surface area contributed by atoms with Gasteiger partial charge in [-0.2, -0.15) is 11.8 Å². The van der Waals surface area contributed by atoms with Gasteiger partial charge in [-0.15, -0.1) is 0 Å². The lowest BCUT2D eigenvalue weighted by Gasteiger charge is -2.22. The van der Waals surface area contributed by atoms with Crippen LogP contribution in [0.3, 0.4) is 0 Å². The number of ether oxygens (including phenoxy) is 1. The maximum atomic E-state index is 12.9. The molecule has 0 amide bonds. The molecule has 1 N–H and O–H groups in total. The van der Waals surface area contributed by atoms with E-state index in [1.54, 1.807) is 0 Å². The number of rotatable bonds is 33. The summed E-state index contributed by atoms with van der Waals surface area (Å²) in [5.74, 6) is 2.26. The van der Waals surface area contributed by atoms with Gasteiger partial charge in [-0.25, -0.2) is 0 Å². The molecule has 1 aliphatic rings. The minimum atomic E-state index is -0.670. The first kappa shape index (κ1) is 48.0. The van der Waals surface area contributed by atoms with Gasteiger partial charge in [-0.05, 0) is 69.0 Å². The van der Waals surface area contributed by atoms with Gasteiger partial charge in [0.2, 0.25) is 0 Å². The van der Waals surface area contributed by atoms with Crippen molar-refractivity contribution < 1.29 is 24.2 Å². The van der Waals surface area contributed by atoms with Gasteiger partial charge in [0, 0.05) is 30.9 Å². The Morgan fingerprint density at radius 3 is 1.59 bits per heavy atom. The molecule has 290 valence electrons. The van der Waals surface area contributed by atoms with Gasteiger partial charge in [0.25, 0.3) is 0 Å². The summed E-state index contributed by atoms with van der Waals surface area (Å²) in [4.78, 5) is 35.1. The molecule has 0 radical (unpaired) electrons. The molecule has 0 aliphatic heterocycles. The Bertz CT molecular complexity index is 751. The van der Waals surface area contributed by atoms with Gasteiger partial charge in [-0.3, -0.25) is 14.4 Å². The predicted molar refractivity (Wildman–Crippen MR) is 213 cm³/mol. The van der Waals surface area contributed by atoms with Crippen molar-refractivity contribution >= 4 is 29.5 Å². The highest BCUT2D eigenvalue weighted by molar-refractivity contribution is 7.99. The molecule has 1 rings (SSSR count). The Balaban J connectivity index is 0.00000198. The van der Waals surface area contributed by atoms with Crippen LogP contribution in [0.15, 0.2) is 0 Å². The smallest absolute Gasteiger partial charge is 0.305 e. The molecular weight excluding hydrogens is 629 g/mol. The lowest BCUT2D eigenvalue weighted by molar-refractivity contribution is -0.144. The highest BCUT2D eigenvalue weighted by atomic mass is 32.2. The molecule has 6 heteroatoms. The van der Waals surface area contributed by atoms with Gasteiger partial charge in [0.15, 0.2) is 0 Å². The Morgan fingerprint density at radius 1 is 0.571 bits per heavy atom. The van der Waals surface area contributed by atoms with Gasteiger partial charge in [0.1, 0.15) is 5.78 Å². The standard InChI is InChI=1S/C35H66O3S.C8H16O2/c1-4-7-10-11-17-22-35(37)38-29-27-31(18-13-8-5-2)23-25-33(36)26-24-32(19-14-9-6-3)28-30-39-34-20-15-12-16-21-34;1-2-3-4-5-6-7-8(9)10/h31-32,34H,4-30H2,1-3H3;2-7H2,1H3,(H,9,10). The summed E-state index contributed by atoms with van der Waals surface area (Å²) in [7, 11) is 0. The molecule has 0 aromatic heterocycles. The lowest BCUT2D eigenvalue weighted by Crippen LogP contribution is -2.13. The second-order valence-corrected chi connectivity index (χ2v) is 16.4. The Morgan fingerprint density at radius 2 is 1.06 bits per heavy atom. The molecular formula is C43H82O5S. The van der Waals surface area contributed by atoms with E-state index in [9.17, 15) is 14.4 Å². The predicted octanol–water partition coefficient (Wildman–Crippen LogP) is 13.7. The number of hydrogen-bond donors (Lipinski definition) is 1. The van der Waals surface area contributed by atoms with E-state index in [1.165, 1.54) is 128 Å². The van der Waals surface area contributed by atoms with Crippen molar-refractivity contribution in [2.24, 2.45) is 11.8 Å². The number of aliphatic carboxylic acids is 1. The molecule has 2 unspecified atom stereocenters. The summed E-state index contributed by atoms with van der Waals surface area (Å²) in [5, 5.41) is 9.16. The quantitative estimate of drug-likeness (QED) is 0.0539. The second kappa shape index (κ2) is 36.7. The van der Waals surface area contributed by atoms with Crippen LogP contribution in [0, 0.1) is 11.8 Å². The zero-order valence-corrected chi connectivity index (χ0v) is 33.9. The van der Waals surface area contributed by atoms with Gasteiger partial charge in [-0.1, -0.05) is 150 Å². The fourth-order valence-corrected chi connectivity index (χ4v) is 8.35. The van der Waals surface area contributed by atoms with Crippen LogP contribution in [0.25, 0.3) is 0 Å². The van der Waals surface area contributed by atoms with Crippen molar-refractivity contribution in [2.45, 2.75) is 232 Å². The molecule has 2 atom stereocenters. The number of Topliss-reactive ketones (excluding diaryl/α,β-unsaturated/α-hetero) is 1. The first-order chi connectivity index (χ1) is 23.9. The minimum absolute atomic E-state index is 0.0364. The number of carboxylic acids is 1. The van der Waals surface area contributed by atoms with Crippen LogP contribution in [0.4, 0.5) is 0 Å². The first-order valence-electron chi connectivity index (χ1n) is 21.4. The monoisotopic (exact) mass is 711 g/mol. The largest absolute Gasteiger partial charge is 0.481 e. The first-order valence-corrected chi connectivity index (χ1v) is 22.4. The van der Waals surface area contributed by atoms with Gasteiger partial charge in [0.05, 0.1) is 6.61 Å². The van der Waals surface area contributed by atoms with E-state index in [0.717, 1.165) is 69.0 Å². The van der Waals surface area contributed by atoms with Crippen LogP contribution in [-0.4, -0.2) is 40.4 Å². The molecule has 0 heterocycles. The molecule has 0 spiro atoms.